The van der Waals surface area contributed by atoms with Gasteiger partial charge in [-0.15, -0.1) is 24.0 Å². The molecule has 0 radical (unpaired) electrons. The lowest BCUT2D eigenvalue weighted by Gasteiger charge is -2.33. The Hall–Kier alpha value is -0.570. The summed E-state index contributed by atoms with van der Waals surface area (Å²) in [6, 6.07) is 8.74. The molecule has 0 aliphatic carbocycles. The second-order valence-electron chi connectivity index (χ2n) is 7.83. The van der Waals surface area contributed by atoms with Gasteiger partial charge in [-0.05, 0) is 24.1 Å². The van der Waals surface area contributed by atoms with Crippen LogP contribution in [0.25, 0.3) is 0 Å². The molecule has 152 valence electrons. The monoisotopic (exact) mass is 506 g/mol. The van der Waals surface area contributed by atoms with Gasteiger partial charge in [-0.2, -0.15) is 0 Å². The summed E-state index contributed by atoms with van der Waals surface area (Å²) in [6.45, 7) is 11.2. The van der Waals surface area contributed by atoms with Crippen LogP contribution in [-0.2, 0) is 10.2 Å². The first-order valence-corrected chi connectivity index (χ1v) is 9.91. The second-order valence-corrected chi connectivity index (χ2v) is 8.27. The van der Waals surface area contributed by atoms with E-state index in [0.29, 0.717) is 6.04 Å². The summed E-state index contributed by atoms with van der Waals surface area (Å²) in [6.07, 6.45) is 1.19. The summed E-state index contributed by atoms with van der Waals surface area (Å²) in [5.41, 5.74) is 1.21. The number of hydrogen-bond donors (Lipinski definition) is 1. The lowest BCUT2D eigenvalue weighted by Crippen LogP contribution is -2.48. The van der Waals surface area contributed by atoms with Crippen molar-refractivity contribution in [3.8, 4) is 0 Å². The predicted molar refractivity (Wildman–Crippen MR) is 124 cm³/mol. The highest BCUT2D eigenvalue weighted by Gasteiger charge is 2.31. The third-order valence-electron chi connectivity index (χ3n) is 5.53. The zero-order valence-electron chi connectivity index (χ0n) is 16.6. The van der Waals surface area contributed by atoms with Gasteiger partial charge in [0.15, 0.2) is 5.96 Å². The van der Waals surface area contributed by atoms with Gasteiger partial charge in [0.05, 0.1) is 13.2 Å². The third-order valence-corrected chi connectivity index (χ3v) is 5.77. The predicted octanol–water partition coefficient (Wildman–Crippen LogP) is 3.22. The molecule has 7 heteroatoms. The SMILES string of the molecule is CN=C(NCC(C)(C)c1cccc(Cl)c1)N1CCC(N2CCOCC2)C1.I. The maximum atomic E-state index is 6.17. The van der Waals surface area contributed by atoms with E-state index < -0.39 is 0 Å². The van der Waals surface area contributed by atoms with Crippen LogP contribution in [0.2, 0.25) is 5.02 Å². The minimum Gasteiger partial charge on any atom is -0.379 e. The van der Waals surface area contributed by atoms with Gasteiger partial charge in [-0.1, -0.05) is 37.6 Å². The molecule has 0 bridgehead atoms. The fourth-order valence-electron chi connectivity index (χ4n) is 3.82. The zero-order chi connectivity index (χ0) is 18.6. The first-order valence-electron chi connectivity index (χ1n) is 9.53. The van der Waals surface area contributed by atoms with Crippen LogP contribution in [-0.4, -0.2) is 74.8 Å². The molecule has 0 aromatic heterocycles. The molecule has 1 N–H and O–H groups in total. The number of halogens is 2. The van der Waals surface area contributed by atoms with Gasteiger partial charge in [-0.25, -0.2) is 0 Å². The molecule has 3 rings (SSSR count). The van der Waals surface area contributed by atoms with Gasteiger partial charge >= 0.3 is 0 Å². The van der Waals surface area contributed by atoms with E-state index in [1.807, 2.05) is 19.2 Å². The summed E-state index contributed by atoms with van der Waals surface area (Å²) in [5, 5.41) is 4.37. The smallest absolute Gasteiger partial charge is 0.193 e. The normalized spacial score (nSPS) is 21.9. The fraction of sp³-hybridized carbons (Fsp3) is 0.650. The van der Waals surface area contributed by atoms with Gasteiger partial charge in [-0.3, -0.25) is 9.89 Å². The molecule has 1 atom stereocenters. The number of morpholine rings is 1. The molecule has 2 fully saturated rings. The Morgan fingerprint density at radius 3 is 2.70 bits per heavy atom. The molecule has 1 aromatic carbocycles. The minimum absolute atomic E-state index is 0. The zero-order valence-corrected chi connectivity index (χ0v) is 19.7. The highest BCUT2D eigenvalue weighted by molar-refractivity contribution is 14.0. The number of nitrogens with one attached hydrogen (secondary N) is 1. The summed E-state index contributed by atoms with van der Waals surface area (Å²) < 4.78 is 5.48. The Balaban J connectivity index is 0.00000261. The molecule has 1 aromatic rings. The van der Waals surface area contributed by atoms with Gasteiger partial charge in [0.2, 0.25) is 0 Å². The van der Waals surface area contributed by atoms with Crippen LogP contribution in [0.4, 0.5) is 0 Å². The lowest BCUT2D eigenvalue weighted by atomic mass is 9.84. The molecule has 2 heterocycles. The van der Waals surface area contributed by atoms with Crippen LogP contribution >= 0.6 is 35.6 Å². The van der Waals surface area contributed by atoms with Crippen LogP contribution < -0.4 is 5.32 Å². The first kappa shape index (κ1) is 22.7. The van der Waals surface area contributed by atoms with Crippen LogP contribution in [0.3, 0.4) is 0 Å². The van der Waals surface area contributed by atoms with E-state index in [4.69, 9.17) is 16.3 Å². The number of rotatable bonds is 4. The number of aliphatic imine (C=N–C) groups is 1. The molecule has 2 aliphatic rings. The van der Waals surface area contributed by atoms with Crippen molar-refractivity contribution in [3.05, 3.63) is 34.9 Å². The molecular formula is C20H32ClIN4O. The Bertz CT molecular complexity index is 634. The summed E-state index contributed by atoms with van der Waals surface area (Å²) in [7, 11) is 1.87. The number of benzene rings is 1. The molecule has 5 nitrogen and oxygen atoms in total. The average Bonchev–Trinajstić information content (AvgIpc) is 3.13. The second kappa shape index (κ2) is 10.3. The lowest BCUT2D eigenvalue weighted by molar-refractivity contribution is 0.0195. The quantitative estimate of drug-likeness (QED) is 0.387. The highest BCUT2D eigenvalue weighted by Crippen LogP contribution is 2.25. The van der Waals surface area contributed by atoms with Crippen molar-refractivity contribution in [3.63, 3.8) is 0 Å². The maximum absolute atomic E-state index is 6.17. The Kier molecular flexibility index (Phi) is 8.65. The van der Waals surface area contributed by atoms with E-state index >= 15 is 0 Å². The van der Waals surface area contributed by atoms with Gasteiger partial charge in [0.25, 0.3) is 0 Å². The van der Waals surface area contributed by atoms with Gasteiger partial charge < -0.3 is 15.0 Å². The third kappa shape index (κ3) is 5.95. The summed E-state index contributed by atoms with van der Waals surface area (Å²) >= 11 is 6.17. The highest BCUT2D eigenvalue weighted by atomic mass is 127. The van der Waals surface area contributed by atoms with Crippen LogP contribution in [0.15, 0.2) is 29.3 Å². The van der Waals surface area contributed by atoms with E-state index in [-0.39, 0.29) is 29.4 Å². The molecule has 2 saturated heterocycles. The van der Waals surface area contributed by atoms with Crippen LogP contribution in [0.5, 0.6) is 0 Å². The fourth-order valence-corrected chi connectivity index (χ4v) is 4.01. The van der Waals surface area contributed by atoms with Crippen molar-refractivity contribution in [1.29, 1.82) is 0 Å². The largest absolute Gasteiger partial charge is 0.379 e. The molecule has 0 saturated carbocycles. The minimum atomic E-state index is -0.0236. The van der Waals surface area contributed by atoms with E-state index in [1.54, 1.807) is 0 Å². The van der Waals surface area contributed by atoms with E-state index in [2.05, 4.69) is 46.1 Å². The average molecular weight is 507 g/mol. The van der Waals surface area contributed by atoms with E-state index in [1.165, 1.54) is 12.0 Å². The Morgan fingerprint density at radius 1 is 1.30 bits per heavy atom. The van der Waals surface area contributed by atoms with Crippen LogP contribution in [0.1, 0.15) is 25.8 Å². The van der Waals surface area contributed by atoms with Crippen molar-refractivity contribution in [2.75, 3.05) is 53.0 Å². The molecular weight excluding hydrogens is 475 g/mol. The number of likely N-dealkylation sites (tertiary alicyclic amines) is 1. The summed E-state index contributed by atoms with van der Waals surface area (Å²) in [4.78, 5) is 9.47. The number of ether oxygens (including phenoxy) is 1. The Morgan fingerprint density at radius 2 is 2.04 bits per heavy atom. The van der Waals surface area contributed by atoms with Crippen molar-refractivity contribution in [2.24, 2.45) is 4.99 Å². The van der Waals surface area contributed by atoms with Crippen LogP contribution in [0, 0.1) is 0 Å². The van der Waals surface area contributed by atoms with Crippen molar-refractivity contribution in [1.82, 2.24) is 15.1 Å². The Labute approximate surface area is 185 Å². The molecule has 0 spiro atoms. The molecule has 1 unspecified atom stereocenters. The maximum Gasteiger partial charge on any atom is 0.193 e. The number of guanidine groups is 1. The van der Waals surface area contributed by atoms with Gasteiger partial charge in [0, 0.05) is 56.3 Å². The molecule has 27 heavy (non-hydrogen) atoms. The van der Waals surface area contributed by atoms with E-state index in [0.717, 1.165) is 56.9 Å². The molecule has 2 aliphatic heterocycles. The van der Waals surface area contributed by atoms with Crippen molar-refractivity contribution in [2.45, 2.75) is 31.7 Å². The standard InChI is InChI=1S/C20H31ClN4O.HI/c1-20(2,16-5-4-6-17(21)13-16)15-23-19(22-3)25-8-7-18(14-25)24-9-11-26-12-10-24;/h4-6,13,18H,7-12,14-15H2,1-3H3,(H,22,23);1H. The topological polar surface area (TPSA) is 40.1 Å². The first-order chi connectivity index (χ1) is 12.5. The molecule has 0 amide bonds. The van der Waals surface area contributed by atoms with E-state index in [9.17, 15) is 0 Å². The summed E-state index contributed by atoms with van der Waals surface area (Å²) in [5.74, 6) is 0.996. The van der Waals surface area contributed by atoms with Crippen molar-refractivity contribution < 1.29 is 4.74 Å². The number of nitrogens with zero attached hydrogens (tertiary/aromatic N) is 3. The van der Waals surface area contributed by atoms with Gasteiger partial charge in [0.1, 0.15) is 0 Å². The van der Waals surface area contributed by atoms with Crippen molar-refractivity contribution >= 4 is 41.5 Å². The number of hydrogen-bond acceptors (Lipinski definition) is 3.